The zero-order valence-electron chi connectivity index (χ0n) is 20.9. The number of rotatable bonds is 12. The summed E-state index contributed by atoms with van der Waals surface area (Å²) >= 11 is 13.6. The molecule has 0 saturated carbocycles. The molecule has 0 radical (unpaired) electrons. The third-order valence-corrected chi connectivity index (χ3v) is 7.26. The van der Waals surface area contributed by atoms with Crippen LogP contribution >= 0.6 is 35.0 Å². The van der Waals surface area contributed by atoms with E-state index in [0.29, 0.717) is 28.6 Å². The van der Waals surface area contributed by atoms with Crippen molar-refractivity contribution < 1.29 is 14.0 Å². The first kappa shape index (κ1) is 29.0. The third kappa shape index (κ3) is 9.06. The van der Waals surface area contributed by atoms with Crippen LogP contribution in [0.2, 0.25) is 10.0 Å². The molecule has 4 nitrogen and oxygen atoms in total. The molecule has 0 heterocycles. The van der Waals surface area contributed by atoms with Crippen LogP contribution in [0.15, 0.2) is 72.8 Å². The molecule has 0 aromatic heterocycles. The Labute approximate surface area is 232 Å². The molecular weight excluding hydrogens is 530 g/mol. The predicted octanol–water partition coefficient (Wildman–Crippen LogP) is 6.78. The van der Waals surface area contributed by atoms with Crippen molar-refractivity contribution in [1.82, 2.24) is 10.2 Å². The number of nitrogens with zero attached hydrogens (tertiary/aromatic N) is 1. The van der Waals surface area contributed by atoms with Gasteiger partial charge in [-0.05, 0) is 41.3 Å². The molecule has 0 unspecified atom stereocenters. The number of carbonyl (C=O) groups is 2. The molecule has 0 bridgehead atoms. The van der Waals surface area contributed by atoms with Gasteiger partial charge in [0.2, 0.25) is 11.8 Å². The van der Waals surface area contributed by atoms with E-state index in [2.05, 4.69) is 5.32 Å². The minimum Gasteiger partial charge on any atom is -0.354 e. The lowest BCUT2D eigenvalue weighted by Crippen LogP contribution is -2.51. The van der Waals surface area contributed by atoms with Gasteiger partial charge in [0.15, 0.2) is 0 Å². The first-order chi connectivity index (χ1) is 17.7. The summed E-state index contributed by atoms with van der Waals surface area (Å²) < 4.78 is 14.2. The number of nitrogens with one attached hydrogen (secondary N) is 1. The monoisotopic (exact) mass is 560 g/mol. The minimum atomic E-state index is -0.731. The van der Waals surface area contributed by atoms with Gasteiger partial charge in [-0.25, -0.2) is 4.39 Å². The molecule has 196 valence electrons. The van der Waals surface area contributed by atoms with Crippen LogP contribution in [0, 0.1) is 11.7 Å². The van der Waals surface area contributed by atoms with Gasteiger partial charge in [-0.2, -0.15) is 0 Å². The zero-order valence-corrected chi connectivity index (χ0v) is 23.3. The normalized spacial score (nSPS) is 11.8. The molecule has 0 fully saturated rings. The molecule has 3 rings (SSSR count). The summed E-state index contributed by atoms with van der Waals surface area (Å²) in [6.07, 6.45) is 0.362. The topological polar surface area (TPSA) is 49.4 Å². The lowest BCUT2D eigenvalue weighted by Gasteiger charge is -2.32. The number of thioether (sulfide) groups is 1. The molecule has 0 aliphatic heterocycles. The number of amides is 2. The molecule has 0 spiro atoms. The molecule has 8 heteroatoms. The fourth-order valence-corrected chi connectivity index (χ4v) is 5.26. The Balaban J connectivity index is 1.86. The Morgan fingerprint density at radius 2 is 1.68 bits per heavy atom. The van der Waals surface area contributed by atoms with Gasteiger partial charge in [0.1, 0.15) is 11.9 Å². The Hall–Kier alpha value is -2.54. The average Bonchev–Trinajstić information content (AvgIpc) is 2.87. The SMILES string of the molecule is CC(C)CNC(=O)[C@@H](Cc1ccccc1)N(Cc1cccc(Cl)c1)C(=O)CSCc1c(F)cccc1Cl. The molecule has 2 amide bonds. The molecule has 3 aromatic carbocycles. The molecule has 3 aromatic rings. The van der Waals surface area contributed by atoms with Crippen LogP contribution in [-0.4, -0.2) is 35.1 Å². The van der Waals surface area contributed by atoms with E-state index in [9.17, 15) is 14.0 Å². The standard InChI is InChI=1S/C29H31Cl2FN2O2S/c1-20(2)16-33-29(36)27(15-21-8-4-3-5-9-21)34(17-22-10-6-11-23(30)14-22)28(35)19-37-18-24-25(31)12-7-13-26(24)32/h3-14,20,27H,15-19H2,1-2H3,(H,33,36)/t27-/m1/s1. The van der Waals surface area contributed by atoms with E-state index in [0.717, 1.165) is 11.1 Å². The van der Waals surface area contributed by atoms with Crippen molar-refractivity contribution in [2.45, 2.75) is 38.6 Å². The maximum atomic E-state index is 14.2. The molecule has 37 heavy (non-hydrogen) atoms. The van der Waals surface area contributed by atoms with Crippen molar-refractivity contribution in [3.63, 3.8) is 0 Å². The Bertz CT molecular complexity index is 1170. The highest BCUT2D eigenvalue weighted by atomic mass is 35.5. The van der Waals surface area contributed by atoms with Gasteiger partial charge in [0, 0.05) is 40.9 Å². The lowest BCUT2D eigenvalue weighted by atomic mass is 10.0. The summed E-state index contributed by atoms with van der Waals surface area (Å²) in [5, 5.41) is 3.88. The summed E-state index contributed by atoms with van der Waals surface area (Å²) in [6.45, 7) is 4.76. The quantitative estimate of drug-likeness (QED) is 0.265. The van der Waals surface area contributed by atoms with Crippen LogP contribution in [0.5, 0.6) is 0 Å². The number of hydrogen-bond acceptors (Lipinski definition) is 3. The van der Waals surface area contributed by atoms with E-state index in [-0.39, 0.29) is 35.8 Å². The summed E-state index contributed by atoms with van der Waals surface area (Å²) in [5.74, 6) is -0.273. The van der Waals surface area contributed by atoms with Crippen molar-refractivity contribution >= 4 is 46.8 Å². The van der Waals surface area contributed by atoms with Crippen molar-refractivity contribution in [3.05, 3.63) is 105 Å². The molecule has 1 atom stereocenters. The van der Waals surface area contributed by atoms with Crippen LogP contribution in [0.3, 0.4) is 0 Å². The van der Waals surface area contributed by atoms with Crippen molar-refractivity contribution in [1.29, 1.82) is 0 Å². The highest BCUT2D eigenvalue weighted by Crippen LogP contribution is 2.25. The van der Waals surface area contributed by atoms with Gasteiger partial charge in [-0.1, -0.05) is 85.6 Å². The molecule has 1 N–H and O–H groups in total. The van der Waals surface area contributed by atoms with Crippen molar-refractivity contribution in [3.8, 4) is 0 Å². The number of halogens is 3. The molecule has 0 aliphatic rings. The molecular formula is C29H31Cl2FN2O2S. The fraction of sp³-hybridized carbons (Fsp3) is 0.310. The summed E-state index contributed by atoms with van der Waals surface area (Å²) in [6, 6.07) is 20.7. The Kier molecular flexibility index (Phi) is 11.3. The largest absolute Gasteiger partial charge is 0.354 e. The van der Waals surface area contributed by atoms with Gasteiger partial charge in [-0.15, -0.1) is 11.8 Å². The molecule has 0 saturated heterocycles. The Morgan fingerprint density at radius 1 is 0.973 bits per heavy atom. The third-order valence-electron chi connectivity index (χ3n) is 5.73. The zero-order chi connectivity index (χ0) is 26.8. The minimum absolute atomic E-state index is 0.0635. The summed E-state index contributed by atoms with van der Waals surface area (Å²) in [4.78, 5) is 28.7. The van der Waals surface area contributed by atoms with Crippen molar-refractivity contribution in [2.75, 3.05) is 12.3 Å². The number of hydrogen-bond donors (Lipinski definition) is 1. The second-order valence-corrected chi connectivity index (χ2v) is 11.0. The van der Waals surface area contributed by atoms with E-state index in [1.54, 1.807) is 29.2 Å². The second-order valence-electron chi connectivity index (χ2n) is 9.19. The van der Waals surface area contributed by atoms with Crippen LogP contribution in [0.25, 0.3) is 0 Å². The lowest BCUT2D eigenvalue weighted by molar-refractivity contribution is -0.139. The van der Waals surface area contributed by atoms with Gasteiger partial charge >= 0.3 is 0 Å². The maximum Gasteiger partial charge on any atom is 0.243 e. The van der Waals surface area contributed by atoms with E-state index >= 15 is 0 Å². The van der Waals surface area contributed by atoms with Gasteiger partial charge in [-0.3, -0.25) is 9.59 Å². The number of benzene rings is 3. The van der Waals surface area contributed by atoms with Gasteiger partial charge in [0.05, 0.1) is 5.75 Å². The summed E-state index contributed by atoms with van der Waals surface area (Å²) in [7, 11) is 0. The van der Waals surface area contributed by atoms with E-state index in [4.69, 9.17) is 23.2 Å². The predicted molar refractivity (Wildman–Crippen MR) is 151 cm³/mol. The highest BCUT2D eigenvalue weighted by molar-refractivity contribution is 7.99. The van der Waals surface area contributed by atoms with Crippen LogP contribution in [0.1, 0.15) is 30.5 Å². The van der Waals surface area contributed by atoms with E-state index in [1.807, 2.05) is 56.3 Å². The van der Waals surface area contributed by atoms with Gasteiger partial charge in [0.25, 0.3) is 0 Å². The van der Waals surface area contributed by atoms with Crippen LogP contribution < -0.4 is 5.32 Å². The smallest absolute Gasteiger partial charge is 0.243 e. The van der Waals surface area contributed by atoms with Gasteiger partial charge < -0.3 is 10.2 Å². The van der Waals surface area contributed by atoms with Crippen LogP contribution in [0.4, 0.5) is 4.39 Å². The first-order valence-corrected chi connectivity index (χ1v) is 14.0. The van der Waals surface area contributed by atoms with E-state index in [1.165, 1.54) is 17.8 Å². The average molecular weight is 562 g/mol. The fourth-order valence-electron chi connectivity index (χ4n) is 3.80. The Morgan fingerprint density at radius 3 is 2.35 bits per heavy atom. The van der Waals surface area contributed by atoms with Crippen molar-refractivity contribution in [2.24, 2.45) is 5.92 Å². The highest BCUT2D eigenvalue weighted by Gasteiger charge is 2.30. The molecule has 0 aliphatic carbocycles. The van der Waals surface area contributed by atoms with E-state index < -0.39 is 11.9 Å². The second kappa shape index (κ2) is 14.4. The number of carbonyl (C=O) groups excluding carboxylic acids is 2. The maximum absolute atomic E-state index is 14.2. The van der Waals surface area contributed by atoms with Crippen LogP contribution in [-0.2, 0) is 28.3 Å². The summed E-state index contributed by atoms with van der Waals surface area (Å²) in [5.41, 5.74) is 2.12. The first-order valence-electron chi connectivity index (χ1n) is 12.1.